The third kappa shape index (κ3) is 3.49. The van der Waals surface area contributed by atoms with Crippen molar-refractivity contribution in [2.75, 3.05) is 14.2 Å². The molecule has 110 valence electrons. The number of methoxy groups -OCH3 is 2. The van der Waals surface area contributed by atoms with E-state index in [1.807, 2.05) is 0 Å². The second kappa shape index (κ2) is 7.04. The van der Waals surface area contributed by atoms with Gasteiger partial charge in [0.15, 0.2) is 0 Å². The Kier molecular flexibility index (Phi) is 4.89. The summed E-state index contributed by atoms with van der Waals surface area (Å²) in [5.41, 5.74) is 1.77. The molecule has 5 heteroatoms. The van der Waals surface area contributed by atoms with Gasteiger partial charge in [0.1, 0.15) is 5.69 Å². The molecule has 1 heterocycles. The van der Waals surface area contributed by atoms with Crippen LogP contribution >= 0.6 is 0 Å². The molecule has 1 aromatic carbocycles. The Hall–Kier alpha value is -3.13. The van der Waals surface area contributed by atoms with Gasteiger partial charge in [-0.1, -0.05) is 18.1 Å². The molecule has 0 atom stereocenters. The fraction of sp³-hybridized carbons (Fsp3) is 0.118. The van der Waals surface area contributed by atoms with E-state index in [4.69, 9.17) is 4.74 Å². The van der Waals surface area contributed by atoms with Gasteiger partial charge < -0.3 is 9.47 Å². The van der Waals surface area contributed by atoms with Gasteiger partial charge in [-0.3, -0.25) is 0 Å². The quantitative estimate of drug-likeness (QED) is 0.626. The smallest absolute Gasteiger partial charge is 0.339 e. The van der Waals surface area contributed by atoms with Crippen molar-refractivity contribution < 1.29 is 19.1 Å². The summed E-state index contributed by atoms with van der Waals surface area (Å²) in [5.74, 6) is 4.82. The van der Waals surface area contributed by atoms with E-state index in [0.717, 1.165) is 0 Å². The van der Waals surface area contributed by atoms with Gasteiger partial charge in [-0.2, -0.15) is 0 Å². The zero-order valence-electron chi connectivity index (χ0n) is 12.1. The third-order valence-corrected chi connectivity index (χ3v) is 2.84. The molecule has 0 N–H and O–H groups in total. The molecule has 5 nitrogen and oxygen atoms in total. The number of ether oxygens (including phenoxy) is 2. The minimum atomic E-state index is -0.456. The highest BCUT2D eigenvalue weighted by Gasteiger charge is 2.09. The summed E-state index contributed by atoms with van der Waals surface area (Å²) in [6.45, 7) is 0. The molecule has 0 aliphatic rings. The van der Waals surface area contributed by atoms with Crippen molar-refractivity contribution in [2.24, 2.45) is 0 Å². The monoisotopic (exact) mass is 295 g/mol. The van der Waals surface area contributed by atoms with Crippen molar-refractivity contribution in [1.82, 2.24) is 4.98 Å². The predicted octanol–water partition coefficient (Wildman–Crippen LogP) is 2.05. The van der Waals surface area contributed by atoms with E-state index < -0.39 is 11.9 Å². The number of esters is 2. The molecular weight excluding hydrogens is 282 g/mol. The van der Waals surface area contributed by atoms with Gasteiger partial charge in [0, 0.05) is 11.8 Å². The predicted molar refractivity (Wildman–Crippen MR) is 79.3 cm³/mol. The standard InChI is InChI=1S/C17H13NO4/c1-21-16(19)13-8-10-14(18-11-13)9-7-12-5-3-4-6-15(12)17(20)22-2/h3-6,8,10-11H,1-2H3. The van der Waals surface area contributed by atoms with E-state index >= 15 is 0 Å². The second-order valence-corrected chi connectivity index (χ2v) is 4.21. The molecule has 0 spiro atoms. The number of aromatic nitrogens is 1. The molecule has 2 aromatic rings. The maximum Gasteiger partial charge on any atom is 0.339 e. The first kappa shape index (κ1) is 15.3. The summed E-state index contributed by atoms with van der Waals surface area (Å²) >= 11 is 0. The van der Waals surface area contributed by atoms with Crippen LogP contribution in [0.15, 0.2) is 42.6 Å². The number of pyridine rings is 1. The van der Waals surface area contributed by atoms with Crippen molar-refractivity contribution in [3.05, 3.63) is 65.0 Å². The number of benzene rings is 1. The van der Waals surface area contributed by atoms with Gasteiger partial charge in [-0.05, 0) is 30.2 Å². The highest BCUT2D eigenvalue weighted by atomic mass is 16.5. The lowest BCUT2D eigenvalue weighted by atomic mass is 10.1. The van der Waals surface area contributed by atoms with Crippen molar-refractivity contribution >= 4 is 11.9 Å². The Labute approximate surface area is 127 Å². The lowest BCUT2D eigenvalue weighted by molar-refractivity contribution is 0.0591. The van der Waals surface area contributed by atoms with Crippen LogP contribution in [0.2, 0.25) is 0 Å². The van der Waals surface area contributed by atoms with Crippen LogP contribution in [0.3, 0.4) is 0 Å². The van der Waals surface area contributed by atoms with E-state index in [2.05, 4.69) is 21.6 Å². The third-order valence-electron chi connectivity index (χ3n) is 2.84. The number of hydrogen-bond donors (Lipinski definition) is 0. The maximum atomic E-state index is 11.6. The number of carbonyl (C=O) groups excluding carboxylic acids is 2. The second-order valence-electron chi connectivity index (χ2n) is 4.21. The molecule has 0 bridgehead atoms. The number of hydrogen-bond acceptors (Lipinski definition) is 5. The first-order valence-electron chi connectivity index (χ1n) is 6.39. The summed E-state index contributed by atoms with van der Waals surface area (Å²) in [6.07, 6.45) is 1.39. The van der Waals surface area contributed by atoms with Crippen molar-refractivity contribution in [2.45, 2.75) is 0 Å². The Morgan fingerprint density at radius 3 is 2.32 bits per heavy atom. The van der Waals surface area contributed by atoms with Crippen LogP contribution in [0.4, 0.5) is 0 Å². The normalized spacial score (nSPS) is 9.36. The van der Waals surface area contributed by atoms with Gasteiger partial charge in [-0.15, -0.1) is 0 Å². The lowest BCUT2D eigenvalue weighted by Gasteiger charge is -2.01. The van der Waals surface area contributed by atoms with Crippen molar-refractivity contribution in [3.8, 4) is 11.8 Å². The summed E-state index contributed by atoms with van der Waals surface area (Å²) in [5, 5.41) is 0. The largest absolute Gasteiger partial charge is 0.465 e. The minimum Gasteiger partial charge on any atom is -0.465 e. The van der Waals surface area contributed by atoms with E-state index in [0.29, 0.717) is 22.4 Å². The van der Waals surface area contributed by atoms with E-state index in [9.17, 15) is 9.59 Å². The molecule has 0 amide bonds. The van der Waals surface area contributed by atoms with Crippen molar-refractivity contribution in [1.29, 1.82) is 0 Å². The lowest BCUT2D eigenvalue weighted by Crippen LogP contribution is -2.03. The summed E-state index contributed by atoms with van der Waals surface area (Å²) in [6, 6.07) is 10.1. The molecule has 22 heavy (non-hydrogen) atoms. The van der Waals surface area contributed by atoms with Crippen LogP contribution < -0.4 is 0 Å². The number of rotatable bonds is 2. The van der Waals surface area contributed by atoms with Crippen LogP contribution in [0, 0.1) is 11.8 Å². The average molecular weight is 295 g/mol. The van der Waals surface area contributed by atoms with Crippen LogP contribution in [0.5, 0.6) is 0 Å². The van der Waals surface area contributed by atoms with E-state index in [1.54, 1.807) is 36.4 Å². The van der Waals surface area contributed by atoms with Gasteiger partial charge >= 0.3 is 11.9 Å². The highest BCUT2D eigenvalue weighted by molar-refractivity contribution is 5.92. The Morgan fingerprint density at radius 2 is 1.68 bits per heavy atom. The van der Waals surface area contributed by atoms with Crippen LogP contribution in [0.25, 0.3) is 0 Å². The number of carbonyl (C=O) groups is 2. The summed E-state index contributed by atoms with van der Waals surface area (Å²) in [4.78, 5) is 27.0. The molecule has 0 saturated heterocycles. The fourth-order valence-corrected chi connectivity index (χ4v) is 1.72. The maximum absolute atomic E-state index is 11.6. The van der Waals surface area contributed by atoms with Crippen LogP contribution in [0.1, 0.15) is 32.0 Å². The molecular formula is C17H13NO4. The molecule has 0 aliphatic carbocycles. The zero-order chi connectivity index (χ0) is 15.9. The fourth-order valence-electron chi connectivity index (χ4n) is 1.72. The number of nitrogens with zero attached hydrogens (tertiary/aromatic N) is 1. The molecule has 0 fully saturated rings. The van der Waals surface area contributed by atoms with E-state index in [1.165, 1.54) is 20.4 Å². The molecule has 0 radical (unpaired) electrons. The topological polar surface area (TPSA) is 65.5 Å². The van der Waals surface area contributed by atoms with Gasteiger partial charge in [0.25, 0.3) is 0 Å². The highest BCUT2D eigenvalue weighted by Crippen LogP contribution is 2.09. The first-order chi connectivity index (χ1) is 10.7. The molecule has 0 saturated carbocycles. The van der Waals surface area contributed by atoms with E-state index in [-0.39, 0.29) is 0 Å². The Bertz CT molecular complexity index is 754. The average Bonchev–Trinajstić information content (AvgIpc) is 2.59. The van der Waals surface area contributed by atoms with Gasteiger partial charge in [0.05, 0.1) is 25.3 Å². The van der Waals surface area contributed by atoms with Crippen molar-refractivity contribution in [3.63, 3.8) is 0 Å². The molecule has 0 aliphatic heterocycles. The summed E-state index contributed by atoms with van der Waals surface area (Å²) < 4.78 is 9.30. The zero-order valence-corrected chi connectivity index (χ0v) is 12.1. The molecule has 2 rings (SSSR count). The first-order valence-corrected chi connectivity index (χ1v) is 6.39. The SMILES string of the molecule is COC(=O)c1ccc(C#Cc2ccccc2C(=O)OC)nc1. The summed E-state index contributed by atoms with van der Waals surface area (Å²) in [7, 11) is 2.62. The van der Waals surface area contributed by atoms with Crippen LogP contribution in [-0.4, -0.2) is 31.1 Å². The van der Waals surface area contributed by atoms with Crippen LogP contribution in [-0.2, 0) is 9.47 Å². The van der Waals surface area contributed by atoms with Gasteiger partial charge in [0.2, 0.25) is 0 Å². The Morgan fingerprint density at radius 1 is 0.955 bits per heavy atom. The molecule has 1 aromatic heterocycles. The Balaban J connectivity index is 2.28. The molecule has 0 unspecified atom stereocenters. The van der Waals surface area contributed by atoms with Gasteiger partial charge in [-0.25, -0.2) is 14.6 Å². The minimum absolute atomic E-state index is 0.350.